The Morgan fingerprint density at radius 3 is 3.25 bits per heavy atom. The van der Waals surface area contributed by atoms with Gasteiger partial charge in [0.05, 0.1) is 18.9 Å². The summed E-state index contributed by atoms with van der Waals surface area (Å²) in [5.41, 5.74) is 2.21. The third-order valence-corrected chi connectivity index (χ3v) is 2.00. The minimum absolute atomic E-state index is 0.631. The number of anilines is 1. The number of hydrogen-bond acceptors (Lipinski definition) is 4. The van der Waals surface area contributed by atoms with E-state index in [0.717, 1.165) is 30.1 Å². The second-order valence-corrected chi connectivity index (χ2v) is 2.70. The van der Waals surface area contributed by atoms with Gasteiger partial charge in [0.25, 0.3) is 0 Å². The summed E-state index contributed by atoms with van der Waals surface area (Å²) in [4.78, 5) is 8.31. The fourth-order valence-corrected chi connectivity index (χ4v) is 1.37. The van der Waals surface area contributed by atoms with Crippen molar-refractivity contribution in [3.8, 4) is 0 Å². The second kappa shape index (κ2) is 3.06. The molecule has 4 heteroatoms. The Kier molecular flexibility index (Phi) is 1.91. The highest BCUT2D eigenvalue weighted by Gasteiger charge is 2.14. The summed E-state index contributed by atoms with van der Waals surface area (Å²) in [6.07, 6.45) is 2.49. The molecule has 0 amide bonds. The number of ether oxygens (including phenoxy) is 1. The van der Waals surface area contributed by atoms with Gasteiger partial charge in [-0.15, -0.1) is 0 Å². The van der Waals surface area contributed by atoms with Crippen LogP contribution in [0.2, 0.25) is 0 Å². The van der Waals surface area contributed by atoms with E-state index in [9.17, 15) is 0 Å². The largest absolute Gasteiger partial charge is 0.376 e. The van der Waals surface area contributed by atoms with E-state index in [4.69, 9.17) is 4.74 Å². The molecule has 0 fully saturated rings. The highest BCUT2D eigenvalue weighted by molar-refractivity contribution is 5.45. The van der Waals surface area contributed by atoms with Crippen LogP contribution in [0.15, 0.2) is 6.33 Å². The van der Waals surface area contributed by atoms with Crippen LogP contribution in [-0.4, -0.2) is 23.6 Å². The molecular weight excluding hydrogens is 154 g/mol. The third kappa shape index (κ3) is 1.14. The van der Waals surface area contributed by atoms with Crippen molar-refractivity contribution in [1.29, 1.82) is 0 Å². The average molecular weight is 165 g/mol. The Morgan fingerprint density at radius 1 is 1.50 bits per heavy atom. The zero-order valence-electron chi connectivity index (χ0n) is 7.00. The van der Waals surface area contributed by atoms with E-state index in [1.54, 1.807) is 6.33 Å². The van der Waals surface area contributed by atoms with Gasteiger partial charge in [0, 0.05) is 19.0 Å². The van der Waals surface area contributed by atoms with Crippen LogP contribution >= 0.6 is 0 Å². The summed E-state index contributed by atoms with van der Waals surface area (Å²) in [5.74, 6) is 0.889. The predicted molar refractivity (Wildman–Crippen MR) is 44.9 cm³/mol. The molecular formula is C8H11N3O. The molecule has 0 saturated carbocycles. The summed E-state index contributed by atoms with van der Waals surface area (Å²) >= 11 is 0. The molecule has 2 heterocycles. The predicted octanol–water partition coefficient (Wildman–Crippen LogP) is 0.591. The van der Waals surface area contributed by atoms with Crippen molar-refractivity contribution in [2.45, 2.75) is 13.0 Å². The summed E-state index contributed by atoms with van der Waals surface area (Å²) in [6.45, 7) is 1.40. The Balaban J connectivity index is 2.44. The van der Waals surface area contributed by atoms with Crippen molar-refractivity contribution in [1.82, 2.24) is 9.97 Å². The van der Waals surface area contributed by atoms with E-state index in [1.165, 1.54) is 0 Å². The van der Waals surface area contributed by atoms with Gasteiger partial charge in [-0.2, -0.15) is 0 Å². The maximum absolute atomic E-state index is 5.32. The molecule has 1 aromatic heterocycles. The third-order valence-electron chi connectivity index (χ3n) is 2.00. The second-order valence-electron chi connectivity index (χ2n) is 2.70. The Morgan fingerprint density at radius 2 is 2.42 bits per heavy atom. The lowest BCUT2D eigenvalue weighted by Gasteiger charge is -2.17. The van der Waals surface area contributed by atoms with Crippen molar-refractivity contribution < 1.29 is 4.74 Å². The fraction of sp³-hybridized carbons (Fsp3) is 0.500. The van der Waals surface area contributed by atoms with Gasteiger partial charge in [0.15, 0.2) is 0 Å². The number of nitrogens with one attached hydrogen (secondary N) is 1. The van der Waals surface area contributed by atoms with Crippen molar-refractivity contribution in [3.63, 3.8) is 0 Å². The summed E-state index contributed by atoms with van der Waals surface area (Å²) in [6, 6.07) is 0. The smallest absolute Gasteiger partial charge is 0.134 e. The quantitative estimate of drug-likeness (QED) is 0.661. The van der Waals surface area contributed by atoms with Gasteiger partial charge in [0.2, 0.25) is 0 Å². The molecule has 64 valence electrons. The first-order chi connectivity index (χ1) is 5.92. The van der Waals surface area contributed by atoms with Gasteiger partial charge in [-0.1, -0.05) is 0 Å². The zero-order chi connectivity index (χ0) is 8.39. The average Bonchev–Trinajstić information content (AvgIpc) is 2.17. The topological polar surface area (TPSA) is 47.0 Å². The molecule has 0 aliphatic carbocycles. The van der Waals surface area contributed by atoms with Crippen LogP contribution in [0.5, 0.6) is 0 Å². The molecule has 1 N–H and O–H groups in total. The van der Waals surface area contributed by atoms with Gasteiger partial charge in [-0.05, 0) is 0 Å². The lowest BCUT2D eigenvalue weighted by molar-refractivity contribution is 0.109. The van der Waals surface area contributed by atoms with E-state index in [2.05, 4.69) is 15.3 Å². The fourth-order valence-electron chi connectivity index (χ4n) is 1.37. The first-order valence-corrected chi connectivity index (χ1v) is 4.00. The van der Waals surface area contributed by atoms with E-state index in [1.807, 2.05) is 7.05 Å². The van der Waals surface area contributed by atoms with Crippen LogP contribution in [0.25, 0.3) is 0 Å². The molecule has 2 rings (SSSR count). The molecule has 0 unspecified atom stereocenters. The lowest BCUT2D eigenvalue weighted by atomic mass is 10.1. The van der Waals surface area contributed by atoms with E-state index >= 15 is 0 Å². The Labute approximate surface area is 71.0 Å². The van der Waals surface area contributed by atoms with E-state index in [0.29, 0.717) is 6.61 Å². The molecule has 0 radical (unpaired) electrons. The van der Waals surface area contributed by atoms with Crippen molar-refractivity contribution >= 4 is 5.82 Å². The van der Waals surface area contributed by atoms with Crippen LogP contribution in [0, 0.1) is 0 Å². The van der Waals surface area contributed by atoms with Crippen molar-refractivity contribution in [3.05, 3.63) is 17.6 Å². The van der Waals surface area contributed by atoms with Crippen LogP contribution in [0.4, 0.5) is 5.82 Å². The highest BCUT2D eigenvalue weighted by atomic mass is 16.5. The number of fused-ring (bicyclic) bond motifs is 1. The summed E-state index contributed by atoms with van der Waals surface area (Å²) in [5, 5.41) is 3.02. The molecule has 0 atom stereocenters. The van der Waals surface area contributed by atoms with Gasteiger partial charge in [-0.3, -0.25) is 0 Å². The Bertz CT molecular complexity index is 273. The number of rotatable bonds is 1. The van der Waals surface area contributed by atoms with Crippen LogP contribution in [-0.2, 0) is 17.8 Å². The van der Waals surface area contributed by atoms with Gasteiger partial charge >= 0.3 is 0 Å². The molecule has 12 heavy (non-hydrogen) atoms. The van der Waals surface area contributed by atoms with Crippen LogP contribution in [0.1, 0.15) is 11.3 Å². The number of hydrogen-bond donors (Lipinski definition) is 1. The monoisotopic (exact) mass is 165 g/mol. The molecule has 1 aromatic rings. The van der Waals surface area contributed by atoms with Crippen molar-refractivity contribution in [2.75, 3.05) is 19.0 Å². The standard InChI is InChI=1S/C8H11N3O/c1-9-8-6-4-12-3-2-7(6)10-5-11-8/h5H,2-4H2,1H3,(H,9,10,11). The lowest BCUT2D eigenvalue weighted by Crippen LogP contribution is -2.14. The molecule has 0 bridgehead atoms. The van der Waals surface area contributed by atoms with Crippen LogP contribution < -0.4 is 5.32 Å². The molecule has 1 aliphatic rings. The van der Waals surface area contributed by atoms with E-state index < -0.39 is 0 Å². The maximum atomic E-state index is 5.32. The van der Waals surface area contributed by atoms with Crippen LogP contribution in [0.3, 0.4) is 0 Å². The highest BCUT2D eigenvalue weighted by Crippen LogP contribution is 2.19. The molecule has 0 aromatic carbocycles. The Hall–Kier alpha value is -1.16. The normalized spacial score (nSPS) is 15.4. The molecule has 0 spiro atoms. The summed E-state index contributed by atoms with van der Waals surface area (Å²) < 4.78 is 5.32. The minimum Gasteiger partial charge on any atom is -0.376 e. The maximum Gasteiger partial charge on any atom is 0.134 e. The minimum atomic E-state index is 0.631. The zero-order valence-corrected chi connectivity index (χ0v) is 7.00. The molecule has 4 nitrogen and oxygen atoms in total. The van der Waals surface area contributed by atoms with Gasteiger partial charge in [-0.25, -0.2) is 9.97 Å². The SMILES string of the molecule is CNc1ncnc2c1COCC2. The van der Waals surface area contributed by atoms with E-state index in [-0.39, 0.29) is 0 Å². The van der Waals surface area contributed by atoms with Crippen molar-refractivity contribution in [2.24, 2.45) is 0 Å². The first kappa shape index (κ1) is 7.49. The van der Waals surface area contributed by atoms with Gasteiger partial charge < -0.3 is 10.1 Å². The summed E-state index contributed by atoms with van der Waals surface area (Å²) in [7, 11) is 1.86. The number of nitrogens with zero attached hydrogens (tertiary/aromatic N) is 2. The van der Waals surface area contributed by atoms with Gasteiger partial charge in [0.1, 0.15) is 12.1 Å². The number of aromatic nitrogens is 2. The molecule has 0 saturated heterocycles. The first-order valence-electron chi connectivity index (χ1n) is 4.00. The molecule has 1 aliphatic heterocycles.